The van der Waals surface area contributed by atoms with E-state index in [0.717, 1.165) is 43.4 Å². The third kappa shape index (κ3) is 5.59. The molecule has 9 heteroatoms. The summed E-state index contributed by atoms with van der Waals surface area (Å²) in [6.45, 7) is 0.935. The van der Waals surface area contributed by atoms with Crippen LogP contribution in [0.1, 0.15) is 49.4 Å². The molecule has 2 atom stereocenters. The van der Waals surface area contributed by atoms with Gasteiger partial charge in [0, 0.05) is 24.1 Å². The van der Waals surface area contributed by atoms with Gasteiger partial charge in [0.25, 0.3) is 0 Å². The second kappa shape index (κ2) is 10.9. The molecule has 0 radical (unpaired) electrons. The molecule has 0 bridgehead atoms. The Morgan fingerprint density at radius 3 is 2.55 bits per heavy atom. The number of halogens is 1. The molecule has 3 amide bonds. The van der Waals surface area contributed by atoms with Gasteiger partial charge in [-0.15, -0.1) is 11.3 Å². The molecule has 2 heterocycles. The molecule has 176 valence electrons. The molecule has 7 nitrogen and oxygen atoms in total. The third-order valence-electron chi connectivity index (χ3n) is 6.06. The van der Waals surface area contributed by atoms with Crippen molar-refractivity contribution in [1.82, 2.24) is 10.6 Å². The van der Waals surface area contributed by atoms with Gasteiger partial charge in [0.05, 0.1) is 11.8 Å². The van der Waals surface area contributed by atoms with Gasteiger partial charge in [0.1, 0.15) is 5.82 Å². The van der Waals surface area contributed by atoms with Crippen molar-refractivity contribution >= 4 is 34.7 Å². The predicted molar refractivity (Wildman–Crippen MR) is 123 cm³/mol. The molecule has 1 aliphatic heterocycles. The maximum atomic E-state index is 14.9. The first-order valence-electron chi connectivity index (χ1n) is 11.4. The normalized spacial score (nSPS) is 19.2. The highest BCUT2D eigenvalue weighted by molar-refractivity contribution is 7.10. The van der Waals surface area contributed by atoms with Crippen LogP contribution in [0, 0.1) is 5.82 Å². The molecule has 0 unspecified atom stereocenters. The number of nitrogens with zero attached hydrogens (tertiary/aromatic N) is 1. The van der Waals surface area contributed by atoms with Gasteiger partial charge in [0.2, 0.25) is 5.91 Å². The van der Waals surface area contributed by atoms with Crippen molar-refractivity contribution in [2.45, 2.75) is 56.7 Å². The standard InChI is InChI=1S/C24H28FN3O4S/c25-18-10-3-4-11-19(18)28(24(31)23(30)27-16-7-1-2-8-16)21(20-12-6-14-33-20)22(29)26-15-17-9-5-13-32-17/h3-4,6,10-12,14,16-17,21H,1-2,5,7-9,13,15H2,(H,26,29)(H,27,30)/t17-,21+/m0/s1. The number of amides is 3. The largest absolute Gasteiger partial charge is 0.376 e. The van der Waals surface area contributed by atoms with Crippen molar-refractivity contribution in [2.24, 2.45) is 0 Å². The van der Waals surface area contributed by atoms with Crippen LogP contribution in [0.15, 0.2) is 41.8 Å². The SMILES string of the molecule is O=C(NC1CCCC1)C(=O)N(c1ccccc1F)[C@@H](C(=O)NC[C@@H]1CCCO1)c1cccs1. The molecule has 2 aromatic rings. The van der Waals surface area contributed by atoms with Crippen molar-refractivity contribution < 1.29 is 23.5 Å². The second-order valence-electron chi connectivity index (χ2n) is 8.38. The molecule has 2 aliphatic rings. The van der Waals surface area contributed by atoms with Crippen LogP contribution >= 0.6 is 11.3 Å². The van der Waals surface area contributed by atoms with E-state index in [0.29, 0.717) is 11.5 Å². The van der Waals surface area contributed by atoms with Gasteiger partial charge in [-0.2, -0.15) is 0 Å². The third-order valence-corrected chi connectivity index (χ3v) is 6.99. The molecule has 2 fully saturated rings. The highest BCUT2D eigenvalue weighted by Gasteiger charge is 2.38. The van der Waals surface area contributed by atoms with E-state index in [2.05, 4.69) is 10.6 Å². The van der Waals surface area contributed by atoms with Crippen molar-refractivity contribution in [3.05, 3.63) is 52.5 Å². The summed E-state index contributed by atoms with van der Waals surface area (Å²) in [6, 6.07) is 7.87. The first-order valence-corrected chi connectivity index (χ1v) is 12.2. The Morgan fingerprint density at radius 1 is 1.09 bits per heavy atom. The number of nitrogens with one attached hydrogen (secondary N) is 2. The van der Waals surface area contributed by atoms with Crippen LogP contribution in [0.25, 0.3) is 0 Å². The monoisotopic (exact) mass is 473 g/mol. The molecule has 33 heavy (non-hydrogen) atoms. The molecular weight excluding hydrogens is 445 g/mol. The van der Waals surface area contributed by atoms with Crippen LogP contribution < -0.4 is 15.5 Å². The van der Waals surface area contributed by atoms with Gasteiger partial charge in [-0.1, -0.05) is 31.0 Å². The zero-order valence-corrected chi connectivity index (χ0v) is 19.1. The number of para-hydroxylation sites is 1. The fourth-order valence-corrected chi connectivity index (χ4v) is 5.19. The van der Waals surface area contributed by atoms with Crippen molar-refractivity contribution in [2.75, 3.05) is 18.1 Å². The number of rotatable bonds is 7. The van der Waals surface area contributed by atoms with Crippen molar-refractivity contribution in [1.29, 1.82) is 0 Å². The van der Waals surface area contributed by atoms with Gasteiger partial charge in [0.15, 0.2) is 6.04 Å². The minimum absolute atomic E-state index is 0.0857. The lowest BCUT2D eigenvalue weighted by Gasteiger charge is -2.31. The van der Waals surface area contributed by atoms with E-state index in [1.54, 1.807) is 23.6 Å². The quantitative estimate of drug-likeness (QED) is 0.604. The van der Waals surface area contributed by atoms with Crippen LogP contribution in [-0.4, -0.2) is 43.0 Å². The summed E-state index contributed by atoms with van der Waals surface area (Å²) in [7, 11) is 0. The van der Waals surface area contributed by atoms with E-state index in [9.17, 15) is 18.8 Å². The zero-order chi connectivity index (χ0) is 23.2. The summed E-state index contributed by atoms with van der Waals surface area (Å²) in [5.74, 6) is -2.97. The molecule has 0 spiro atoms. The smallest absolute Gasteiger partial charge is 0.317 e. The Bertz CT molecular complexity index is 972. The summed E-state index contributed by atoms with van der Waals surface area (Å²) in [5, 5.41) is 7.38. The summed E-state index contributed by atoms with van der Waals surface area (Å²) >= 11 is 1.27. The highest BCUT2D eigenvalue weighted by atomic mass is 32.1. The number of benzene rings is 1. The van der Waals surface area contributed by atoms with E-state index >= 15 is 0 Å². The number of carbonyl (C=O) groups is 3. The Morgan fingerprint density at radius 2 is 1.88 bits per heavy atom. The van der Waals surface area contributed by atoms with Crippen LogP contribution in [0.4, 0.5) is 10.1 Å². The zero-order valence-electron chi connectivity index (χ0n) is 18.3. The number of anilines is 1. The lowest BCUT2D eigenvalue weighted by Crippen LogP contribution is -2.51. The van der Waals surface area contributed by atoms with Gasteiger partial charge < -0.3 is 15.4 Å². The van der Waals surface area contributed by atoms with E-state index in [-0.39, 0.29) is 24.4 Å². The molecule has 2 N–H and O–H groups in total. The average molecular weight is 474 g/mol. The molecule has 1 aliphatic carbocycles. The maximum Gasteiger partial charge on any atom is 0.317 e. The van der Waals surface area contributed by atoms with Gasteiger partial charge in [-0.25, -0.2) is 4.39 Å². The van der Waals surface area contributed by atoms with Crippen LogP contribution in [0.2, 0.25) is 0 Å². The minimum atomic E-state index is -1.19. The van der Waals surface area contributed by atoms with Crippen LogP contribution in [-0.2, 0) is 19.1 Å². The lowest BCUT2D eigenvalue weighted by atomic mass is 10.1. The molecular formula is C24H28FN3O4S. The Kier molecular flexibility index (Phi) is 7.72. The fraction of sp³-hybridized carbons (Fsp3) is 0.458. The number of hydrogen-bond donors (Lipinski definition) is 2. The van der Waals surface area contributed by atoms with E-state index < -0.39 is 29.6 Å². The van der Waals surface area contributed by atoms with E-state index in [4.69, 9.17) is 4.74 Å². The van der Waals surface area contributed by atoms with Crippen LogP contribution in [0.5, 0.6) is 0 Å². The topological polar surface area (TPSA) is 87.7 Å². The van der Waals surface area contributed by atoms with E-state index in [1.165, 1.54) is 29.5 Å². The molecule has 1 aromatic carbocycles. The number of thiophene rings is 1. The van der Waals surface area contributed by atoms with Crippen LogP contribution in [0.3, 0.4) is 0 Å². The number of ether oxygens (including phenoxy) is 1. The number of hydrogen-bond acceptors (Lipinski definition) is 5. The lowest BCUT2D eigenvalue weighted by molar-refractivity contribution is -0.139. The minimum Gasteiger partial charge on any atom is -0.376 e. The molecule has 4 rings (SSSR count). The first kappa shape index (κ1) is 23.4. The predicted octanol–water partition coefficient (Wildman–Crippen LogP) is 3.32. The Labute approximate surface area is 196 Å². The summed E-state index contributed by atoms with van der Waals surface area (Å²) in [6.07, 6.45) is 5.24. The van der Waals surface area contributed by atoms with Gasteiger partial charge in [-0.3, -0.25) is 19.3 Å². The molecule has 1 aromatic heterocycles. The highest BCUT2D eigenvalue weighted by Crippen LogP contribution is 2.32. The fourth-order valence-electron chi connectivity index (χ4n) is 4.38. The van der Waals surface area contributed by atoms with Crippen molar-refractivity contribution in [3.8, 4) is 0 Å². The van der Waals surface area contributed by atoms with Crippen molar-refractivity contribution in [3.63, 3.8) is 0 Å². The Balaban J connectivity index is 1.65. The maximum absolute atomic E-state index is 14.9. The Hall–Kier alpha value is -2.78. The number of carbonyl (C=O) groups excluding carboxylic acids is 3. The molecule has 1 saturated carbocycles. The summed E-state index contributed by atoms with van der Waals surface area (Å²) < 4.78 is 20.5. The van der Waals surface area contributed by atoms with E-state index in [1.807, 2.05) is 0 Å². The van der Waals surface area contributed by atoms with Gasteiger partial charge in [-0.05, 0) is 49.3 Å². The molecule has 1 saturated heterocycles. The first-order chi connectivity index (χ1) is 16.0. The average Bonchev–Trinajstić information content (AvgIpc) is 3.60. The second-order valence-corrected chi connectivity index (χ2v) is 9.36. The summed E-state index contributed by atoms with van der Waals surface area (Å²) in [5.41, 5.74) is -0.116. The summed E-state index contributed by atoms with van der Waals surface area (Å²) in [4.78, 5) is 41.3. The van der Waals surface area contributed by atoms with Gasteiger partial charge >= 0.3 is 11.8 Å².